The molecule has 18 heavy (non-hydrogen) atoms. The summed E-state index contributed by atoms with van der Waals surface area (Å²) in [7, 11) is 0. The highest BCUT2D eigenvalue weighted by Crippen LogP contribution is 2.17. The molecule has 0 aromatic carbocycles. The number of pyridine rings is 1. The summed E-state index contributed by atoms with van der Waals surface area (Å²) in [4.78, 5) is 9.53. The molecule has 2 aliphatic rings. The van der Waals surface area contributed by atoms with Crippen LogP contribution in [0.5, 0.6) is 0 Å². The summed E-state index contributed by atoms with van der Waals surface area (Å²) in [5, 5.41) is 3.47. The van der Waals surface area contributed by atoms with E-state index in [2.05, 4.69) is 32.2 Å². The molecule has 4 heteroatoms. The highest BCUT2D eigenvalue weighted by molar-refractivity contribution is 5.04. The maximum atomic E-state index is 4.39. The number of hydrogen-bond acceptors (Lipinski definition) is 4. The standard InChI is InChI=1S/C14H22N4/c1-2-6-16-13(4-1)10-17-11-14(12-17)18-8-3-5-15-7-9-18/h1-2,4,6,14-15H,3,5,7-12H2. The summed E-state index contributed by atoms with van der Waals surface area (Å²) in [5.74, 6) is 0. The molecule has 0 aliphatic carbocycles. The van der Waals surface area contributed by atoms with Gasteiger partial charge in [-0.05, 0) is 31.6 Å². The summed E-state index contributed by atoms with van der Waals surface area (Å²) in [5.41, 5.74) is 1.19. The molecule has 0 atom stereocenters. The Morgan fingerprint density at radius 1 is 1.22 bits per heavy atom. The Labute approximate surface area is 109 Å². The highest BCUT2D eigenvalue weighted by atomic mass is 15.3. The Kier molecular flexibility index (Phi) is 3.88. The minimum Gasteiger partial charge on any atom is -0.315 e. The molecule has 1 aromatic rings. The van der Waals surface area contributed by atoms with Gasteiger partial charge in [-0.1, -0.05) is 6.07 Å². The number of nitrogens with zero attached hydrogens (tertiary/aromatic N) is 3. The van der Waals surface area contributed by atoms with E-state index in [1.807, 2.05) is 12.3 Å². The van der Waals surface area contributed by atoms with Crippen LogP contribution in [0.4, 0.5) is 0 Å². The first-order chi connectivity index (χ1) is 8.92. The average molecular weight is 246 g/mol. The number of likely N-dealkylation sites (tertiary alicyclic amines) is 1. The predicted molar refractivity (Wildman–Crippen MR) is 72.4 cm³/mol. The Bertz CT molecular complexity index is 353. The van der Waals surface area contributed by atoms with Crippen LogP contribution in [0.3, 0.4) is 0 Å². The maximum Gasteiger partial charge on any atom is 0.0543 e. The topological polar surface area (TPSA) is 31.4 Å². The molecular formula is C14H22N4. The van der Waals surface area contributed by atoms with Crippen LogP contribution in [-0.4, -0.2) is 60.1 Å². The van der Waals surface area contributed by atoms with Crippen molar-refractivity contribution in [1.29, 1.82) is 0 Å². The zero-order valence-corrected chi connectivity index (χ0v) is 10.9. The smallest absolute Gasteiger partial charge is 0.0543 e. The van der Waals surface area contributed by atoms with Crippen molar-refractivity contribution in [2.75, 3.05) is 39.3 Å². The van der Waals surface area contributed by atoms with Crippen molar-refractivity contribution in [3.05, 3.63) is 30.1 Å². The summed E-state index contributed by atoms with van der Waals surface area (Å²) >= 11 is 0. The summed E-state index contributed by atoms with van der Waals surface area (Å²) in [6, 6.07) is 6.93. The Morgan fingerprint density at radius 2 is 2.17 bits per heavy atom. The van der Waals surface area contributed by atoms with Gasteiger partial charge in [0.1, 0.15) is 0 Å². The SMILES string of the molecule is c1ccc(CN2CC(N3CCCNCC3)C2)nc1. The molecule has 0 spiro atoms. The third-order valence-electron chi connectivity index (χ3n) is 3.94. The largest absolute Gasteiger partial charge is 0.315 e. The fourth-order valence-electron chi connectivity index (χ4n) is 2.86. The van der Waals surface area contributed by atoms with Crippen LogP contribution in [0.15, 0.2) is 24.4 Å². The molecule has 0 bridgehead atoms. The Hall–Kier alpha value is -0.970. The van der Waals surface area contributed by atoms with Crippen LogP contribution < -0.4 is 5.32 Å². The van der Waals surface area contributed by atoms with E-state index in [1.165, 1.54) is 44.8 Å². The molecular weight excluding hydrogens is 224 g/mol. The van der Waals surface area contributed by atoms with E-state index in [9.17, 15) is 0 Å². The molecule has 1 N–H and O–H groups in total. The van der Waals surface area contributed by atoms with Crippen LogP contribution in [0.1, 0.15) is 12.1 Å². The highest BCUT2D eigenvalue weighted by Gasteiger charge is 2.31. The van der Waals surface area contributed by atoms with E-state index in [0.717, 1.165) is 19.1 Å². The zero-order chi connectivity index (χ0) is 12.2. The number of aromatic nitrogens is 1. The predicted octanol–water partition coefficient (Wildman–Crippen LogP) is 0.561. The van der Waals surface area contributed by atoms with Crippen molar-refractivity contribution >= 4 is 0 Å². The van der Waals surface area contributed by atoms with E-state index in [-0.39, 0.29) is 0 Å². The molecule has 0 unspecified atom stereocenters. The fraction of sp³-hybridized carbons (Fsp3) is 0.643. The lowest BCUT2D eigenvalue weighted by molar-refractivity contribution is 0.0314. The van der Waals surface area contributed by atoms with Crippen molar-refractivity contribution < 1.29 is 0 Å². The maximum absolute atomic E-state index is 4.39. The molecule has 4 nitrogen and oxygen atoms in total. The molecule has 0 radical (unpaired) electrons. The van der Waals surface area contributed by atoms with E-state index in [1.54, 1.807) is 0 Å². The van der Waals surface area contributed by atoms with Crippen LogP contribution >= 0.6 is 0 Å². The third kappa shape index (κ3) is 2.88. The van der Waals surface area contributed by atoms with Crippen molar-refractivity contribution in [2.45, 2.75) is 19.0 Å². The second-order valence-electron chi connectivity index (χ2n) is 5.31. The van der Waals surface area contributed by atoms with E-state index >= 15 is 0 Å². The van der Waals surface area contributed by atoms with Crippen molar-refractivity contribution in [3.63, 3.8) is 0 Å². The van der Waals surface area contributed by atoms with Gasteiger partial charge in [0.2, 0.25) is 0 Å². The van der Waals surface area contributed by atoms with Gasteiger partial charge in [-0.2, -0.15) is 0 Å². The minimum atomic E-state index is 0.772. The zero-order valence-electron chi connectivity index (χ0n) is 10.9. The summed E-state index contributed by atoms with van der Waals surface area (Å²) < 4.78 is 0. The van der Waals surface area contributed by atoms with Crippen LogP contribution in [0.25, 0.3) is 0 Å². The number of hydrogen-bond donors (Lipinski definition) is 1. The molecule has 0 amide bonds. The molecule has 0 saturated carbocycles. The van der Waals surface area contributed by atoms with E-state index < -0.39 is 0 Å². The van der Waals surface area contributed by atoms with Gasteiger partial charge >= 0.3 is 0 Å². The van der Waals surface area contributed by atoms with Gasteiger partial charge in [0.05, 0.1) is 5.69 Å². The van der Waals surface area contributed by atoms with Crippen molar-refractivity contribution in [2.24, 2.45) is 0 Å². The van der Waals surface area contributed by atoms with Gasteiger partial charge in [-0.25, -0.2) is 0 Å². The molecule has 3 heterocycles. The van der Waals surface area contributed by atoms with E-state index in [4.69, 9.17) is 0 Å². The lowest BCUT2D eigenvalue weighted by Crippen LogP contribution is -2.59. The minimum absolute atomic E-state index is 0.772. The first-order valence-corrected chi connectivity index (χ1v) is 6.99. The van der Waals surface area contributed by atoms with Gasteiger partial charge in [-0.3, -0.25) is 14.8 Å². The van der Waals surface area contributed by atoms with Crippen LogP contribution in [0, 0.1) is 0 Å². The molecule has 1 aromatic heterocycles. The van der Waals surface area contributed by atoms with Crippen molar-refractivity contribution in [1.82, 2.24) is 20.1 Å². The first-order valence-electron chi connectivity index (χ1n) is 6.99. The second-order valence-corrected chi connectivity index (χ2v) is 5.31. The van der Waals surface area contributed by atoms with Gasteiger partial charge in [0.25, 0.3) is 0 Å². The van der Waals surface area contributed by atoms with Gasteiger partial charge in [-0.15, -0.1) is 0 Å². The molecule has 98 valence electrons. The van der Waals surface area contributed by atoms with Gasteiger partial charge < -0.3 is 5.32 Å². The lowest BCUT2D eigenvalue weighted by Gasteiger charge is -2.45. The number of nitrogens with one attached hydrogen (secondary N) is 1. The fourth-order valence-corrected chi connectivity index (χ4v) is 2.86. The molecule has 2 aliphatic heterocycles. The normalized spacial score (nSPS) is 23.6. The summed E-state index contributed by atoms with van der Waals surface area (Å²) in [6.07, 6.45) is 3.17. The lowest BCUT2D eigenvalue weighted by atomic mass is 10.1. The number of rotatable bonds is 3. The second kappa shape index (κ2) is 5.78. The first kappa shape index (κ1) is 12.1. The summed E-state index contributed by atoms with van der Waals surface area (Å²) in [6.45, 7) is 8.21. The molecule has 3 rings (SSSR count). The van der Waals surface area contributed by atoms with Crippen molar-refractivity contribution in [3.8, 4) is 0 Å². The van der Waals surface area contributed by atoms with Crippen LogP contribution in [0.2, 0.25) is 0 Å². The third-order valence-corrected chi connectivity index (χ3v) is 3.94. The van der Waals surface area contributed by atoms with E-state index in [0.29, 0.717) is 0 Å². The molecule has 2 fully saturated rings. The monoisotopic (exact) mass is 246 g/mol. The molecule has 2 saturated heterocycles. The average Bonchev–Trinajstić information content (AvgIpc) is 2.63. The van der Waals surface area contributed by atoms with Gasteiger partial charge in [0.15, 0.2) is 0 Å². The Balaban J connectivity index is 1.45. The quantitative estimate of drug-likeness (QED) is 0.844. The van der Waals surface area contributed by atoms with Crippen LogP contribution in [-0.2, 0) is 6.54 Å². The Morgan fingerprint density at radius 3 is 3.00 bits per heavy atom. The van der Waals surface area contributed by atoms with Gasteiger partial charge in [0, 0.05) is 45.0 Å².